The lowest BCUT2D eigenvalue weighted by Gasteiger charge is -2.13. The van der Waals surface area contributed by atoms with E-state index in [1.54, 1.807) is 0 Å². The van der Waals surface area contributed by atoms with Crippen molar-refractivity contribution in [2.24, 2.45) is 0 Å². The summed E-state index contributed by atoms with van der Waals surface area (Å²) in [5.74, 6) is 0.325. The van der Waals surface area contributed by atoms with E-state index in [2.05, 4.69) is 23.9 Å². The Kier molecular flexibility index (Phi) is 8.86. The summed E-state index contributed by atoms with van der Waals surface area (Å²) in [5.41, 5.74) is 0.575. The monoisotopic (exact) mass is 228 g/mol. The molecule has 2 N–H and O–H groups in total. The average molecular weight is 229 g/mol. The summed E-state index contributed by atoms with van der Waals surface area (Å²) in [7, 11) is 4.66. The molecule has 0 aromatic carbocycles. The van der Waals surface area contributed by atoms with Crippen molar-refractivity contribution in [2.75, 3.05) is 12.5 Å². The van der Waals surface area contributed by atoms with Crippen LogP contribution in [0.3, 0.4) is 0 Å². The first-order chi connectivity index (χ1) is 5.74. The fourth-order valence-electron chi connectivity index (χ4n) is 0.746. The summed E-state index contributed by atoms with van der Waals surface area (Å²) < 4.78 is 4.90. The van der Waals surface area contributed by atoms with Crippen molar-refractivity contribution in [2.45, 2.75) is 18.9 Å². The zero-order valence-corrected chi connectivity index (χ0v) is 9.91. The van der Waals surface area contributed by atoms with Gasteiger partial charge in [0.1, 0.15) is 0 Å². The minimum absolute atomic E-state index is 0.274. The number of halogens is 1. The van der Waals surface area contributed by atoms with Crippen molar-refractivity contribution < 1.29 is 4.52 Å². The van der Waals surface area contributed by atoms with Gasteiger partial charge in [0.2, 0.25) is 0 Å². The van der Waals surface area contributed by atoms with E-state index in [-0.39, 0.29) is 6.04 Å². The molecule has 0 aliphatic heterocycles. The number of hydrogen-bond donors (Lipinski definition) is 2. The van der Waals surface area contributed by atoms with Crippen LogP contribution in [-0.2, 0) is 4.52 Å². The molecule has 0 rings (SSSR count). The summed E-state index contributed by atoms with van der Waals surface area (Å²) in [6, 6.07) is 0.274. The molecule has 0 aromatic rings. The van der Waals surface area contributed by atoms with Gasteiger partial charge in [0.05, 0.1) is 12.5 Å². The van der Waals surface area contributed by atoms with Crippen LogP contribution in [0.25, 0.3) is 0 Å². The lowest BCUT2D eigenvalue weighted by atomic mass is 10.1. The van der Waals surface area contributed by atoms with Gasteiger partial charge >= 0.3 is 0 Å². The molecule has 0 fully saturated rings. The van der Waals surface area contributed by atoms with E-state index in [1.807, 2.05) is 0 Å². The van der Waals surface area contributed by atoms with Crippen LogP contribution in [0.15, 0.2) is 0 Å². The molecule has 6 heteroatoms. The topological polar surface area (TPSA) is 45.1 Å². The third-order valence-corrected chi connectivity index (χ3v) is 2.48. The molecule has 0 radical (unpaired) electrons. The van der Waals surface area contributed by atoms with Crippen molar-refractivity contribution in [3.63, 3.8) is 0 Å². The van der Waals surface area contributed by atoms with E-state index in [0.29, 0.717) is 18.2 Å². The highest BCUT2D eigenvalue weighted by Gasteiger charge is 2.06. The molecule has 3 atom stereocenters. The SMILES string of the molecule is N=C(CCl)CCC(COP)NP. The van der Waals surface area contributed by atoms with Crippen LogP contribution < -0.4 is 5.09 Å². The molecule has 0 aromatic heterocycles. The molecule has 12 heavy (non-hydrogen) atoms. The maximum Gasteiger partial charge on any atom is 0.0658 e. The molecule has 0 aliphatic rings. The molecule has 3 unspecified atom stereocenters. The largest absolute Gasteiger partial charge is 0.364 e. The van der Waals surface area contributed by atoms with Crippen molar-refractivity contribution >= 4 is 36.2 Å². The van der Waals surface area contributed by atoms with Crippen molar-refractivity contribution in [3.8, 4) is 0 Å². The summed E-state index contributed by atoms with van der Waals surface area (Å²) in [6.45, 7) is 0.629. The van der Waals surface area contributed by atoms with Crippen LogP contribution in [-0.4, -0.2) is 24.2 Å². The summed E-state index contributed by atoms with van der Waals surface area (Å²) in [6.07, 6.45) is 1.60. The van der Waals surface area contributed by atoms with E-state index in [9.17, 15) is 0 Å². The van der Waals surface area contributed by atoms with Gasteiger partial charge in [-0.2, -0.15) is 0 Å². The average Bonchev–Trinajstić information content (AvgIpc) is 2.11. The van der Waals surface area contributed by atoms with Gasteiger partial charge in [0.25, 0.3) is 0 Å². The van der Waals surface area contributed by atoms with E-state index in [1.165, 1.54) is 0 Å². The Bertz CT molecular complexity index is 137. The van der Waals surface area contributed by atoms with E-state index in [4.69, 9.17) is 21.5 Å². The maximum atomic E-state index is 7.33. The number of nitrogens with one attached hydrogen (secondary N) is 2. The van der Waals surface area contributed by atoms with Gasteiger partial charge in [0.15, 0.2) is 0 Å². The number of hydrogen-bond acceptors (Lipinski definition) is 3. The Hall–Kier alpha value is 0.740. The summed E-state index contributed by atoms with van der Waals surface area (Å²) in [4.78, 5) is 0. The first kappa shape index (κ1) is 12.7. The second-order valence-electron chi connectivity index (χ2n) is 2.47. The van der Waals surface area contributed by atoms with Crippen LogP contribution in [0, 0.1) is 5.41 Å². The quantitative estimate of drug-likeness (QED) is 0.395. The molecular weight excluding hydrogens is 213 g/mol. The first-order valence-electron chi connectivity index (χ1n) is 3.64. The lowest BCUT2D eigenvalue weighted by molar-refractivity contribution is 0.318. The van der Waals surface area contributed by atoms with Crippen molar-refractivity contribution in [3.05, 3.63) is 0 Å². The molecule has 72 valence electrons. The minimum Gasteiger partial charge on any atom is -0.364 e. The highest BCUT2D eigenvalue weighted by Crippen LogP contribution is 2.03. The van der Waals surface area contributed by atoms with E-state index in [0.717, 1.165) is 12.8 Å². The van der Waals surface area contributed by atoms with Crippen molar-refractivity contribution in [1.29, 1.82) is 5.41 Å². The zero-order valence-electron chi connectivity index (χ0n) is 6.85. The first-order valence-corrected chi connectivity index (χ1v) is 5.23. The van der Waals surface area contributed by atoms with Gasteiger partial charge < -0.3 is 9.93 Å². The Labute approximate surface area is 83.0 Å². The standard InChI is InChI=1S/C6H15ClN2OP2/c7-3-5(8)1-2-6(9-11)4-10-12/h6,8-9H,1-4,11-12H2. The fraction of sp³-hybridized carbons (Fsp3) is 0.833. The van der Waals surface area contributed by atoms with Gasteiger partial charge in [-0.3, -0.25) is 5.09 Å². The lowest BCUT2D eigenvalue weighted by Crippen LogP contribution is -2.25. The summed E-state index contributed by atoms with van der Waals surface area (Å²) >= 11 is 5.47. The van der Waals surface area contributed by atoms with Gasteiger partial charge in [-0.25, -0.2) is 0 Å². The Balaban J connectivity index is 3.50. The van der Waals surface area contributed by atoms with Crippen LogP contribution in [0.1, 0.15) is 12.8 Å². The third-order valence-electron chi connectivity index (χ3n) is 1.49. The Morgan fingerprint density at radius 1 is 1.67 bits per heavy atom. The fourth-order valence-corrected chi connectivity index (χ4v) is 1.38. The molecule has 0 amide bonds. The van der Waals surface area contributed by atoms with Crippen molar-refractivity contribution in [1.82, 2.24) is 5.09 Å². The van der Waals surface area contributed by atoms with Crippen LogP contribution >= 0.6 is 30.5 Å². The minimum atomic E-state index is 0.274. The second-order valence-corrected chi connectivity index (χ2v) is 3.41. The normalized spacial score (nSPS) is 12.9. The predicted octanol–water partition coefficient (Wildman–Crippen LogP) is 1.58. The Morgan fingerprint density at radius 3 is 2.75 bits per heavy atom. The van der Waals surface area contributed by atoms with E-state index < -0.39 is 0 Å². The zero-order chi connectivity index (χ0) is 9.40. The molecule has 0 saturated heterocycles. The van der Waals surface area contributed by atoms with E-state index >= 15 is 0 Å². The smallest absolute Gasteiger partial charge is 0.0658 e. The second kappa shape index (κ2) is 8.34. The molecule has 0 spiro atoms. The van der Waals surface area contributed by atoms with Gasteiger partial charge in [-0.15, -0.1) is 11.6 Å². The maximum absolute atomic E-state index is 7.33. The molecule has 0 saturated carbocycles. The Morgan fingerprint density at radius 2 is 2.33 bits per heavy atom. The van der Waals surface area contributed by atoms with Gasteiger partial charge in [0, 0.05) is 21.2 Å². The molecule has 3 nitrogen and oxygen atoms in total. The van der Waals surface area contributed by atoms with Crippen LogP contribution in [0.2, 0.25) is 0 Å². The van der Waals surface area contributed by atoms with Gasteiger partial charge in [-0.1, -0.05) is 9.39 Å². The highest BCUT2D eigenvalue weighted by atomic mass is 35.5. The van der Waals surface area contributed by atoms with Crippen LogP contribution in [0.5, 0.6) is 0 Å². The highest BCUT2D eigenvalue weighted by molar-refractivity contribution is 7.13. The molecular formula is C6H15ClN2OP2. The number of rotatable bonds is 7. The predicted molar refractivity (Wildman–Crippen MR) is 60.0 cm³/mol. The molecule has 0 heterocycles. The molecule has 0 aliphatic carbocycles. The summed E-state index contributed by atoms with van der Waals surface area (Å²) in [5, 5.41) is 10.3. The van der Waals surface area contributed by atoms with Gasteiger partial charge in [-0.05, 0) is 12.8 Å². The number of alkyl halides is 1. The third kappa shape index (κ3) is 6.28. The molecule has 0 bridgehead atoms. The van der Waals surface area contributed by atoms with Crippen LogP contribution in [0.4, 0.5) is 0 Å².